The Morgan fingerprint density at radius 1 is 1.12 bits per heavy atom. The number of sulfonamides is 1. The van der Waals surface area contributed by atoms with Crippen LogP contribution in [0.4, 0.5) is 4.39 Å². The second-order valence-electron chi connectivity index (χ2n) is 7.83. The average Bonchev–Trinajstić information content (AvgIpc) is 2.78. The van der Waals surface area contributed by atoms with Crippen LogP contribution in [0.5, 0.6) is 11.5 Å². The zero-order chi connectivity index (χ0) is 24.6. The lowest BCUT2D eigenvalue weighted by atomic mass is 10.1. The van der Waals surface area contributed by atoms with Crippen molar-refractivity contribution in [2.45, 2.75) is 32.2 Å². The van der Waals surface area contributed by atoms with Gasteiger partial charge in [0.1, 0.15) is 5.75 Å². The second kappa shape index (κ2) is 11.5. The number of hydrogen-bond acceptors (Lipinski definition) is 5. The Labute approximate surface area is 198 Å². The summed E-state index contributed by atoms with van der Waals surface area (Å²) in [6, 6.07) is 14.5. The Morgan fingerprint density at radius 3 is 2.56 bits per heavy atom. The summed E-state index contributed by atoms with van der Waals surface area (Å²) in [6.07, 6.45) is 5.84. The minimum absolute atomic E-state index is 0.0492. The molecule has 2 N–H and O–H groups in total. The molecule has 0 saturated heterocycles. The van der Waals surface area contributed by atoms with E-state index in [2.05, 4.69) is 15.0 Å². The highest BCUT2D eigenvalue weighted by atomic mass is 32.2. The van der Waals surface area contributed by atoms with Crippen LogP contribution in [0.25, 0.3) is 6.08 Å². The molecule has 178 valence electrons. The van der Waals surface area contributed by atoms with E-state index in [-0.39, 0.29) is 24.1 Å². The smallest absolute Gasteiger partial charge is 0.244 e. The largest absolute Gasteiger partial charge is 0.453 e. The molecule has 1 aromatic heterocycles. The summed E-state index contributed by atoms with van der Waals surface area (Å²) in [5.41, 5.74) is 1.78. The second-order valence-corrected chi connectivity index (χ2v) is 9.59. The van der Waals surface area contributed by atoms with E-state index in [9.17, 15) is 17.6 Å². The number of nitrogens with one attached hydrogen (secondary N) is 2. The minimum atomic E-state index is -3.49. The van der Waals surface area contributed by atoms with Crippen LogP contribution in [-0.4, -0.2) is 25.4 Å². The Kier molecular flexibility index (Phi) is 8.50. The molecular weight excluding hydrogens is 457 g/mol. The van der Waals surface area contributed by atoms with Crippen molar-refractivity contribution >= 4 is 22.0 Å². The number of aromatic nitrogens is 1. The molecule has 3 aromatic rings. The van der Waals surface area contributed by atoms with Crippen molar-refractivity contribution in [3.63, 3.8) is 0 Å². The molecule has 9 heteroatoms. The normalized spacial score (nSPS) is 11.6. The van der Waals surface area contributed by atoms with E-state index in [4.69, 9.17) is 4.74 Å². The van der Waals surface area contributed by atoms with Crippen molar-refractivity contribution in [2.75, 3.05) is 0 Å². The number of carbonyl (C=O) groups excluding carboxylic acids is 1. The molecule has 0 saturated carbocycles. The van der Waals surface area contributed by atoms with Crippen LogP contribution in [0, 0.1) is 5.82 Å². The van der Waals surface area contributed by atoms with Crippen molar-refractivity contribution < 1.29 is 22.3 Å². The van der Waals surface area contributed by atoms with E-state index in [1.54, 1.807) is 62.5 Å². The number of halogens is 1. The zero-order valence-corrected chi connectivity index (χ0v) is 19.7. The molecule has 3 rings (SSSR count). The van der Waals surface area contributed by atoms with Gasteiger partial charge in [-0.25, -0.2) is 17.5 Å². The van der Waals surface area contributed by atoms with Crippen molar-refractivity contribution in [1.82, 2.24) is 15.0 Å². The summed E-state index contributed by atoms with van der Waals surface area (Å²) in [7, 11) is -3.49. The van der Waals surface area contributed by atoms with E-state index in [0.29, 0.717) is 22.4 Å². The highest BCUT2D eigenvalue weighted by Crippen LogP contribution is 2.24. The van der Waals surface area contributed by atoms with Gasteiger partial charge in [0.15, 0.2) is 11.6 Å². The highest BCUT2D eigenvalue weighted by Gasteiger charge is 2.15. The van der Waals surface area contributed by atoms with Gasteiger partial charge >= 0.3 is 0 Å². The number of hydrogen-bond donors (Lipinski definition) is 2. The van der Waals surface area contributed by atoms with Gasteiger partial charge in [-0.1, -0.05) is 30.3 Å². The van der Waals surface area contributed by atoms with Crippen LogP contribution in [0.2, 0.25) is 0 Å². The number of benzene rings is 2. The standard InChI is InChI=1S/C25H26FN3O4S/c1-18(2)29-34(31,32)17-21-7-4-3-6-20(21)15-28-25(30)12-10-19-9-11-24(23(26)14-19)33-22-8-5-13-27-16-22/h3-14,16,18,29H,15,17H2,1-2H3,(H,28,30)/b12-10+. The van der Waals surface area contributed by atoms with Crippen molar-refractivity contribution in [3.05, 3.63) is 95.6 Å². The van der Waals surface area contributed by atoms with Crippen LogP contribution in [0.1, 0.15) is 30.5 Å². The third-order valence-electron chi connectivity index (χ3n) is 4.58. The molecule has 0 aliphatic heterocycles. The molecule has 34 heavy (non-hydrogen) atoms. The zero-order valence-electron chi connectivity index (χ0n) is 18.9. The van der Waals surface area contributed by atoms with Crippen molar-refractivity contribution in [3.8, 4) is 11.5 Å². The van der Waals surface area contributed by atoms with Crippen LogP contribution in [0.3, 0.4) is 0 Å². The quantitative estimate of drug-likeness (QED) is 0.422. The maximum atomic E-state index is 14.4. The fraction of sp³-hybridized carbons (Fsp3) is 0.200. The Balaban J connectivity index is 1.59. The Hall–Kier alpha value is -3.56. The Bertz CT molecular complexity index is 1260. The molecule has 7 nitrogen and oxygen atoms in total. The average molecular weight is 484 g/mol. The van der Waals surface area contributed by atoms with Gasteiger partial charge in [0.05, 0.1) is 11.9 Å². The maximum Gasteiger partial charge on any atom is 0.244 e. The fourth-order valence-electron chi connectivity index (χ4n) is 3.13. The van der Waals surface area contributed by atoms with Crippen LogP contribution in [-0.2, 0) is 27.1 Å². The van der Waals surface area contributed by atoms with Gasteiger partial charge in [-0.2, -0.15) is 0 Å². The van der Waals surface area contributed by atoms with E-state index in [0.717, 1.165) is 0 Å². The summed E-state index contributed by atoms with van der Waals surface area (Å²) in [5, 5.41) is 2.73. The number of pyridine rings is 1. The fourth-order valence-corrected chi connectivity index (χ4v) is 4.62. The van der Waals surface area contributed by atoms with E-state index in [1.807, 2.05) is 0 Å². The van der Waals surface area contributed by atoms with E-state index >= 15 is 0 Å². The summed E-state index contributed by atoms with van der Waals surface area (Å²) in [4.78, 5) is 16.2. The first-order valence-electron chi connectivity index (χ1n) is 10.6. The molecule has 0 aliphatic rings. The summed E-state index contributed by atoms with van der Waals surface area (Å²) in [5.74, 6) is -0.685. The molecule has 0 aliphatic carbocycles. The first-order chi connectivity index (χ1) is 16.2. The number of ether oxygens (including phenoxy) is 1. The molecule has 0 fully saturated rings. The molecule has 0 atom stereocenters. The predicted octanol–water partition coefficient (Wildman–Crippen LogP) is 4.17. The van der Waals surface area contributed by atoms with Gasteiger partial charge in [-0.3, -0.25) is 9.78 Å². The Morgan fingerprint density at radius 2 is 1.88 bits per heavy atom. The summed E-state index contributed by atoms with van der Waals surface area (Å²) >= 11 is 0. The molecule has 0 radical (unpaired) electrons. The third kappa shape index (κ3) is 7.79. The monoisotopic (exact) mass is 483 g/mol. The van der Waals surface area contributed by atoms with Crippen molar-refractivity contribution in [1.29, 1.82) is 0 Å². The minimum Gasteiger partial charge on any atom is -0.453 e. The van der Waals surface area contributed by atoms with Crippen molar-refractivity contribution in [2.24, 2.45) is 0 Å². The molecular formula is C25H26FN3O4S. The lowest BCUT2D eigenvalue weighted by molar-refractivity contribution is -0.116. The molecule has 1 heterocycles. The third-order valence-corrected chi connectivity index (χ3v) is 6.10. The lowest BCUT2D eigenvalue weighted by Gasteiger charge is -2.13. The van der Waals surface area contributed by atoms with Gasteiger partial charge in [0.2, 0.25) is 15.9 Å². The number of rotatable bonds is 10. The van der Waals surface area contributed by atoms with Crippen LogP contribution >= 0.6 is 0 Å². The first-order valence-corrected chi connectivity index (χ1v) is 12.3. The van der Waals surface area contributed by atoms with Crippen LogP contribution < -0.4 is 14.8 Å². The molecule has 2 aromatic carbocycles. The molecule has 0 unspecified atom stereocenters. The molecule has 1 amide bonds. The SMILES string of the molecule is CC(C)NS(=O)(=O)Cc1ccccc1CNC(=O)/C=C/c1ccc(Oc2cccnc2)c(F)c1. The van der Waals surface area contributed by atoms with E-state index < -0.39 is 21.7 Å². The van der Waals surface area contributed by atoms with Crippen LogP contribution in [0.15, 0.2) is 73.1 Å². The van der Waals surface area contributed by atoms with Gasteiger partial charge in [-0.15, -0.1) is 0 Å². The molecule has 0 spiro atoms. The predicted molar refractivity (Wildman–Crippen MR) is 129 cm³/mol. The summed E-state index contributed by atoms with van der Waals surface area (Å²) in [6.45, 7) is 3.66. The number of nitrogens with zero attached hydrogens (tertiary/aromatic N) is 1. The van der Waals surface area contributed by atoms with Gasteiger partial charge in [0.25, 0.3) is 0 Å². The topological polar surface area (TPSA) is 97.4 Å². The molecule has 0 bridgehead atoms. The van der Waals surface area contributed by atoms with Gasteiger partial charge in [0, 0.05) is 24.9 Å². The summed E-state index contributed by atoms with van der Waals surface area (Å²) < 4.78 is 46.9. The van der Waals surface area contributed by atoms with Gasteiger partial charge in [-0.05, 0) is 60.9 Å². The maximum absolute atomic E-state index is 14.4. The highest BCUT2D eigenvalue weighted by molar-refractivity contribution is 7.88. The lowest BCUT2D eigenvalue weighted by Crippen LogP contribution is -2.31. The number of carbonyl (C=O) groups is 1. The van der Waals surface area contributed by atoms with E-state index in [1.165, 1.54) is 30.5 Å². The number of amides is 1. The first kappa shape index (κ1) is 25.1. The van der Waals surface area contributed by atoms with Gasteiger partial charge < -0.3 is 10.1 Å².